The summed E-state index contributed by atoms with van der Waals surface area (Å²) in [6, 6.07) is 0. The fourth-order valence-corrected chi connectivity index (χ4v) is 2.20. The minimum absolute atomic E-state index is 0.141. The van der Waals surface area contributed by atoms with Crippen LogP contribution in [-0.4, -0.2) is 30.3 Å². The molecule has 14 heavy (non-hydrogen) atoms. The normalized spacial score (nSPS) is 19.1. The molecule has 0 bridgehead atoms. The molecular formula is C12H25NO. The van der Waals surface area contributed by atoms with Gasteiger partial charge in [-0.15, -0.1) is 0 Å². The van der Waals surface area contributed by atoms with Crippen molar-refractivity contribution in [1.29, 1.82) is 0 Å². The Morgan fingerprint density at radius 2 is 1.50 bits per heavy atom. The third-order valence-corrected chi connectivity index (χ3v) is 3.69. The van der Waals surface area contributed by atoms with Gasteiger partial charge in [0, 0.05) is 13.1 Å². The van der Waals surface area contributed by atoms with Crippen molar-refractivity contribution < 1.29 is 4.74 Å². The average molecular weight is 199 g/mol. The lowest BCUT2D eigenvalue weighted by atomic mass is 9.94. The molecule has 1 aliphatic heterocycles. The lowest BCUT2D eigenvalue weighted by molar-refractivity contribution is -0.0958. The second-order valence-corrected chi connectivity index (χ2v) is 4.34. The van der Waals surface area contributed by atoms with E-state index in [2.05, 4.69) is 25.7 Å². The molecule has 0 aromatic rings. The van der Waals surface area contributed by atoms with Crippen LogP contribution in [0.4, 0.5) is 0 Å². The van der Waals surface area contributed by atoms with E-state index < -0.39 is 0 Å². The maximum atomic E-state index is 6.09. The van der Waals surface area contributed by atoms with Gasteiger partial charge in [-0.25, -0.2) is 0 Å². The lowest BCUT2D eigenvalue weighted by Gasteiger charge is -2.32. The molecule has 1 fully saturated rings. The smallest absolute Gasteiger partial charge is 0.0997 e. The van der Waals surface area contributed by atoms with Gasteiger partial charge >= 0.3 is 0 Å². The van der Waals surface area contributed by atoms with Crippen LogP contribution in [0, 0.1) is 0 Å². The van der Waals surface area contributed by atoms with Crippen LogP contribution in [0.5, 0.6) is 0 Å². The van der Waals surface area contributed by atoms with Gasteiger partial charge in [0.2, 0.25) is 0 Å². The quantitative estimate of drug-likeness (QED) is 0.652. The summed E-state index contributed by atoms with van der Waals surface area (Å²) < 4.78 is 6.09. The average Bonchev–Trinajstić information content (AvgIpc) is 2.74. The molecular weight excluding hydrogens is 174 g/mol. The van der Waals surface area contributed by atoms with Crippen molar-refractivity contribution in [3.63, 3.8) is 0 Å². The number of nitrogens with zero attached hydrogens (tertiary/aromatic N) is 1. The first-order chi connectivity index (χ1) is 6.76. The van der Waals surface area contributed by atoms with Gasteiger partial charge in [0.25, 0.3) is 0 Å². The molecule has 0 atom stereocenters. The minimum atomic E-state index is 0.141. The molecule has 2 nitrogen and oxygen atoms in total. The van der Waals surface area contributed by atoms with Gasteiger partial charge in [-0.1, -0.05) is 20.8 Å². The fourth-order valence-electron chi connectivity index (χ4n) is 2.20. The predicted molar refractivity (Wildman–Crippen MR) is 60.4 cm³/mol. The molecule has 0 N–H and O–H groups in total. The summed E-state index contributed by atoms with van der Waals surface area (Å²) in [4.78, 5) is 2.43. The highest BCUT2D eigenvalue weighted by Crippen LogP contribution is 2.25. The van der Waals surface area contributed by atoms with Crippen LogP contribution >= 0.6 is 0 Å². The molecule has 1 heterocycles. The van der Waals surface area contributed by atoms with Crippen molar-refractivity contribution >= 4 is 0 Å². The molecule has 2 heteroatoms. The molecule has 0 spiro atoms. The van der Waals surface area contributed by atoms with Crippen LogP contribution in [-0.2, 0) is 4.74 Å². The van der Waals surface area contributed by atoms with Gasteiger partial charge < -0.3 is 4.74 Å². The zero-order valence-corrected chi connectivity index (χ0v) is 10.0. The van der Waals surface area contributed by atoms with Crippen LogP contribution in [0.2, 0.25) is 0 Å². The maximum absolute atomic E-state index is 6.09. The Hall–Kier alpha value is -0.0800. The number of hydrogen-bond donors (Lipinski definition) is 0. The van der Waals surface area contributed by atoms with Crippen molar-refractivity contribution in [2.45, 2.75) is 58.5 Å². The monoisotopic (exact) mass is 199 g/mol. The molecule has 1 saturated heterocycles. The van der Waals surface area contributed by atoms with Gasteiger partial charge in [-0.2, -0.15) is 0 Å². The first-order valence-corrected chi connectivity index (χ1v) is 6.12. The third-order valence-electron chi connectivity index (χ3n) is 3.69. The van der Waals surface area contributed by atoms with E-state index in [1.54, 1.807) is 0 Å². The van der Waals surface area contributed by atoms with Crippen molar-refractivity contribution in [2.75, 3.05) is 19.8 Å². The molecule has 0 aliphatic carbocycles. The zero-order chi connectivity index (χ0) is 10.4. The van der Waals surface area contributed by atoms with E-state index >= 15 is 0 Å². The van der Waals surface area contributed by atoms with Crippen LogP contribution in [0.1, 0.15) is 52.9 Å². The number of rotatable bonds is 6. The SMILES string of the molecule is CCC(CC)(CC)OCN1CCCC1. The van der Waals surface area contributed by atoms with E-state index in [1.807, 2.05) is 0 Å². The highest BCUT2D eigenvalue weighted by Gasteiger charge is 2.25. The van der Waals surface area contributed by atoms with Gasteiger partial charge in [0.15, 0.2) is 0 Å². The summed E-state index contributed by atoms with van der Waals surface area (Å²) in [5.41, 5.74) is 0.141. The van der Waals surface area contributed by atoms with Crippen molar-refractivity contribution in [3.8, 4) is 0 Å². The van der Waals surface area contributed by atoms with E-state index in [9.17, 15) is 0 Å². The van der Waals surface area contributed by atoms with E-state index in [0.29, 0.717) is 0 Å². The standard InChI is InChI=1S/C12H25NO/c1-4-12(5-2,6-3)14-11-13-9-7-8-10-13/h4-11H2,1-3H3. The van der Waals surface area contributed by atoms with Crippen LogP contribution in [0.15, 0.2) is 0 Å². The minimum Gasteiger partial charge on any atom is -0.360 e. The lowest BCUT2D eigenvalue weighted by Crippen LogP contribution is -2.35. The van der Waals surface area contributed by atoms with Crippen LogP contribution < -0.4 is 0 Å². The Labute approximate surface area is 88.6 Å². The number of ether oxygens (including phenoxy) is 1. The Morgan fingerprint density at radius 3 is 1.93 bits per heavy atom. The summed E-state index contributed by atoms with van der Waals surface area (Å²) in [6.45, 7) is 10.0. The Bertz CT molecular complexity index is 140. The topological polar surface area (TPSA) is 12.5 Å². The van der Waals surface area contributed by atoms with Gasteiger partial charge in [-0.3, -0.25) is 4.90 Å². The van der Waals surface area contributed by atoms with Gasteiger partial charge in [0.1, 0.15) is 0 Å². The largest absolute Gasteiger partial charge is 0.360 e. The molecule has 84 valence electrons. The third kappa shape index (κ3) is 2.96. The fraction of sp³-hybridized carbons (Fsp3) is 1.00. The summed E-state index contributed by atoms with van der Waals surface area (Å²) in [5.74, 6) is 0. The summed E-state index contributed by atoms with van der Waals surface area (Å²) in [6.07, 6.45) is 6.09. The van der Waals surface area contributed by atoms with E-state index in [1.165, 1.54) is 25.9 Å². The second kappa shape index (κ2) is 5.72. The summed E-state index contributed by atoms with van der Waals surface area (Å²) in [5, 5.41) is 0. The van der Waals surface area contributed by atoms with E-state index in [0.717, 1.165) is 26.0 Å². The highest BCUT2D eigenvalue weighted by molar-refractivity contribution is 4.76. The highest BCUT2D eigenvalue weighted by atomic mass is 16.5. The van der Waals surface area contributed by atoms with Crippen molar-refractivity contribution in [3.05, 3.63) is 0 Å². The predicted octanol–water partition coefficient (Wildman–Crippen LogP) is 3.03. The van der Waals surface area contributed by atoms with Crippen molar-refractivity contribution in [1.82, 2.24) is 4.90 Å². The van der Waals surface area contributed by atoms with Gasteiger partial charge in [-0.05, 0) is 32.1 Å². The Morgan fingerprint density at radius 1 is 1.00 bits per heavy atom. The Balaban J connectivity index is 2.31. The van der Waals surface area contributed by atoms with Crippen molar-refractivity contribution in [2.24, 2.45) is 0 Å². The second-order valence-electron chi connectivity index (χ2n) is 4.34. The molecule has 1 aliphatic rings. The molecule has 0 aromatic heterocycles. The van der Waals surface area contributed by atoms with Crippen LogP contribution in [0.25, 0.3) is 0 Å². The number of hydrogen-bond acceptors (Lipinski definition) is 2. The molecule has 0 saturated carbocycles. The Kier molecular flexibility index (Phi) is 4.90. The first-order valence-electron chi connectivity index (χ1n) is 6.12. The maximum Gasteiger partial charge on any atom is 0.0997 e. The zero-order valence-electron chi connectivity index (χ0n) is 10.0. The summed E-state index contributed by atoms with van der Waals surface area (Å²) >= 11 is 0. The number of likely N-dealkylation sites (tertiary alicyclic amines) is 1. The van der Waals surface area contributed by atoms with Gasteiger partial charge in [0.05, 0.1) is 12.3 Å². The molecule has 0 unspecified atom stereocenters. The van der Waals surface area contributed by atoms with E-state index in [4.69, 9.17) is 4.74 Å². The molecule has 0 radical (unpaired) electrons. The van der Waals surface area contributed by atoms with Crippen LogP contribution in [0.3, 0.4) is 0 Å². The first kappa shape index (κ1) is 12.0. The molecule has 1 rings (SSSR count). The van der Waals surface area contributed by atoms with E-state index in [-0.39, 0.29) is 5.60 Å². The molecule has 0 amide bonds. The molecule has 0 aromatic carbocycles. The summed E-state index contributed by atoms with van der Waals surface area (Å²) in [7, 11) is 0.